The molecular weight excluding hydrogens is 406 g/mol. The molecular formula is C21H43N3O7. The average Bonchev–Trinajstić information content (AvgIpc) is 2.76. The standard InChI is InChI=1S/C12H21NO4.C7H14N2O3.2CH4/c1-2-5-10(14)8-13-11(15)9-17-12-6-3-4-7-16-12;8-9-6(10)5-12-7-3-1-2-4-11-7;;/h12H,2-9H2,1H3,(H,13,15);7H,1-5,8H2,(H,9,10);2*1H4. The minimum Gasteiger partial charge on any atom is -0.353 e. The molecule has 2 saturated heterocycles. The zero-order valence-electron chi connectivity index (χ0n) is 17.3. The summed E-state index contributed by atoms with van der Waals surface area (Å²) in [6.07, 6.45) is 6.81. The Morgan fingerprint density at radius 2 is 1.42 bits per heavy atom. The largest absolute Gasteiger partial charge is 0.353 e. The number of carbonyl (C=O) groups is 3. The number of carbonyl (C=O) groups excluding carboxylic acids is 3. The second kappa shape index (κ2) is 20.3. The van der Waals surface area contributed by atoms with E-state index < -0.39 is 0 Å². The number of Topliss-reactive ketones (excluding diaryl/α,β-unsaturated/α-hetero) is 1. The van der Waals surface area contributed by atoms with Crippen LogP contribution >= 0.6 is 0 Å². The van der Waals surface area contributed by atoms with E-state index in [1.807, 2.05) is 12.3 Å². The van der Waals surface area contributed by atoms with Gasteiger partial charge in [-0.25, -0.2) is 5.84 Å². The van der Waals surface area contributed by atoms with Crippen molar-refractivity contribution in [2.75, 3.05) is 33.0 Å². The van der Waals surface area contributed by atoms with Crippen molar-refractivity contribution < 1.29 is 33.3 Å². The van der Waals surface area contributed by atoms with Crippen LogP contribution in [0.25, 0.3) is 0 Å². The molecule has 0 saturated carbocycles. The average molecular weight is 450 g/mol. The minimum absolute atomic E-state index is 0. The molecule has 10 heteroatoms. The van der Waals surface area contributed by atoms with Gasteiger partial charge in [0, 0.05) is 19.6 Å². The van der Waals surface area contributed by atoms with Gasteiger partial charge in [-0.1, -0.05) is 21.8 Å². The van der Waals surface area contributed by atoms with E-state index in [4.69, 9.17) is 24.8 Å². The second-order valence-electron chi connectivity index (χ2n) is 6.85. The fourth-order valence-electron chi connectivity index (χ4n) is 2.68. The number of rotatable bonds is 10. The van der Waals surface area contributed by atoms with E-state index in [2.05, 4.69) is 5.32 Å². The van der Waals surface area contributed by atoms with Gasteiger partial charge in [0.2, 0.25) is 5.91 Å². The fraction of sp³-hybridized carbons (Fsp3) is 0.857. The molecule has 0 aromatic carbocycles. The molecule has 2 heterocycles. The first kappa shape index (κ1) is 31.6. The third-order valence-corrected chi connectivity index (χ3v) is 4.25. The van der Waals surface area contributed by atoms with Gasteiger partial charge >= 0.3 is 0 Å². The summed E-state index contributed by atoms with van der Waals surface area (Å²) < 4.78 is 21.0. The van der Waals surface area contributed by atoms with Crippen molar-refractivity contribution in [3.8, 4) is 0 Å². The van der Waals surface area contributed by atoms with Crippen molar-refractivity contribution in [1.82, 2.24) is 10.7 Å². The molecule has 2 unspecified atom stereocenters. The number of ether oxygens (including phenoxy) is 4. The number of nitrogens with one attached hydrogen (secondary N) is 2. The first-order valence-corrected chi connectivity index (χ1v) is 10.3. The molecule has 31 heavy (non-hydrogen) atoms. The van der Waals surface area contributed by atoms with Gasteiger partial charge in [-0.05, 0) is 44.9 Å². The summed E-state index contributed by atoms with van der Waals surface area (Å²) in [5.41, 5.74) is 1.99. The molecule has 2 aliphatic heterocycles. The van der Waals surface area contributed by atoms with Crippen LogP contribution in [-0.2, 0) is 33.3 Å². The Hall–Kier alpha value is -1.59. The first-order chi connectivity index (χ1) is 14.0. The zero-order chi connectivity index (χ0) is 21.3. The van der Waals surface area contributed by atoms with E-state index in [0.29, 0.717) is 13.0 Å². The van der Waals surface area contributed by atoms with Crippen LogP contribution in [0, 0.1) is 0 Å². The monoisotopic (exact) mass is 449 g/mol. The maximum absolute atomic E-state index is 11.4. The van der Waals surface area contributed by atoms with Crippen molar-refractivity contribution in [1.29, 1.82) is 0 Å². The third kappa shape index (κ3) is 16.7. The summed E-state index contributed by atoms with van der Waals surface area (Å²) in [6.45, 7) is 3.38. The van der Waals surface area contributed by atoms with E-state index in [9.17, 15) is 14.4 Å². The van der Waals surface area contributed by atoms with Crippen molar-refractivity contribution in [3.63, 3.8) is 0 Å². The number of nitrogens with two attached hydrogens (primary N) is 1. The normalized spacial score (nSPS) is 20.1. The molecule has 2 fully saturated rings. The SMILES string of the molecule is C.C.CCCC(=O)CNC(=O)COC1CCCCO1.NNC(=O)COC1CCCCO1. The summed E-state index contributed by atoms with van der Waals surface area (Å²) >= 11 is 0. The lowest BCUT2D eigenvalue weighted by Crippen LogP contribution is -2.35. The summed E-state index contributed by atoms with van der Waals surface area (Å²) in [5, 5.41) is 2.54. The van der Waals surface area contributed by atoms with Crippen molar-refractivity contribution in [3.05, 3.63) is 0 Å². The zero-order valence-corrected chi connectivity index (χ0v) is 17.3. The molecule has 0 aromatic heterocycles. The van der Waals surface area contributed by atoms with Gasteiger partial charge in [0.1, 0.15) is 13.2 Å². The van der Waals surface area contributed by atoms with Gasteiger partial charge in [-0.15, -0.1) is 0 Å². The highest BCUT2D eigenvalue weighted by Gasteiger charge is 2.16. The maximum atomic E-state index is 11.4. The maximum Gasteiger partial charge on any atom is 0.259 e. The Morgan fingerprint density at radius 1 is 0.903 bits per heavy atom. The molecule has 0 aliphatic carbocycles. The van der Waals surface area contributed by atoms with Crippen LogP contribution in [0.4, 0.5) is 0 Å². The van der Waals surface area contributed by atoms with Crippen LogP contribution in [-0.4, -0.2) is 63.1 Å². The highest BCUT2D eigenvalue weighted by Crippen LogP contribution is 2.13. The summed E-state index contributed by atoms with van der Waals surface area (Å²) in [4.78, 5) is 33.2. The van der Waals surface area contributed by atoms with Gasteiger partial charge in [-0.2, -0.15) is 0 Å². The van der Waals surface area contributed by atoms with E-state index in [-0.39, 0.29) is 64.8 Å². The minimum atomic E-state index is -0.329. The number of amides is 2. The van der Waals surface area contributed by atoms with Crippen LogP contribution in [0.15, 0.2) is 0 Å². The Labute approximate surface area is 186 Å². The highest BCUT2D eigenvalue weighted by molar-refractivity contribution is 5.86. The Kier molecular flexibility index (Phi) is 20.7. The molecule has 0 bridgehead atoms. The topological polar surface area (TPSA) is 138 Å². The Morgan fingerprint density at radius 3 is 1.84 bits per heavy atom. The lowest BCUT2D eigenvalue weighted by atomic mass is 10.2. The van der Waals surface area contributed by atoms with Gasteiger partial charge in [-0.3, -0.25) is 19.8 Å². The van der Waals surface area contributed by atoms with Gasteiger partial charge < -0.3 is 24.3 Å². The highest BCUT2D eigenvalue weighted by atomic mass is 16.7. The third-order valence-electron chi connectivity index (χ3n) is 4.25. The first-order valence-electron chi connectivity index (χ1n) is 10.3. The molecule has 4 N–H and O–H groups in total. The summed E-state index contributed by atoms with van der Waals surface area (Å²) in [5.74, 6) is 4.33. The molecule has 2 amide bonds. The van der Waals surface area contributed by atoms with Crippen LogP contribution in [0.5, 0.6) is 0 Å². The van der Waals surface area contributed by atoms with E-state index in [1.54, 1.807) is 0 Å². The Balaban J connectivity index is 0. The number of hydrazine groups is 1. The molecule has 0 radical (unpaired) electrons. The molecule has 2 aliphatic rings. The van der Waals surface area contributed by atoms with Crippen LogP contribution in [0.2, 0.25) is 0 Å². The predicted molar refractivity (Wildman–Crippen MR) is 118 cm³/mol. The lowest BCUT2D eigenvalue weighted by Gasteiger charge is -2.22. The van der Waals surface area contributed by atoms with E-state index >= 15 is 0 Å². The van der Waals surface area contributed by atoms with Gasteiger partial charge in [0.05, 0.1) is 6.54 Å². The van der Waals surface area contributed by atoms with Crippen LogP contribution < -0.4 is 16.6 Å². The molecule has 184 valence electrons. The van der Waals surface area contributed by atoms with Crippen LogP contribution in [0.3, 0.4) is 0 Å². The van der Waals surface area contributed by atoms with Crippen molar-refractivity contribution >= 4 is 17.6 Å². The molecule has 2 rings (SSSR count). The number of hydrogen-bond acceptors (Lipinski definition) is 8. The molecule has 10 nitrogen and oxygen atoms in total. The second-order valence-corrected chi connectivity index (χ2v) is 6.85. The molecule has 2 atom stereocenters. The molecule has 0 spiro atoms. The smallest absolute Gasteiger partial charge is 0.259 e. The van der Waals surface area contributed by atoms with E-state index in [0.717, 1.165) is 51.6 Å². The van der Waals surface area contributed by atoms with Crippen LogP contribution in [0.1, 0.15) is 73.1 Å². The molecule has 0 aromatic rings. The van der Waals surface area contributed by atoms with Gasteiger partial charge in [0.25, 0.3) is 5.91 Å². The quantitative estimate of drug-likeness (QED) is 0.261. The Bertz CT molecular complexity index is 480. The number of ketones is 1. The summed E-state index contributed by atoms with van der Waals surface area (Å²) in [7, 11) is 0. The lowest BCUT2D eigenvalue weighted by molar-refractivity contribution is -0.170. The van der Waals surface area contributed by atoms with Gasteiger partial charge in [0.15, 0.2) is 18.4 Å². The van der Waals surface area contributed by atoms with Crippen molar-refractivity contribution in [2.24, 2.45) is 5.84 Å². The predicted octanol–water partition coefficient (Wildman–Crippen LogP) is 1.81. The van der Waals surface area contributed by atoms with Crippen molar-refractivity contribution in [2.45, 2.75) is 85.7 Å². The van der Waals surface area contributed by atoms with E-state index in [1.165, 1.54) is 0 Å². The summed E-state index contributed by atoms with van der Waals surface area (Å²) in [6, 6.07) is 0. The number of hydrogen-bond donors (Lipinski definition) is 3. The fourth-order valence-corrected chi connectivity index (χ4v) is 2.68.